The van der Waals surface area contributed by atoms with E-state index >= 15 is 0 Å². The lowest BCUT2D eigenvalue weighted by Gasteiger charge is -2.32. The molecule has 1 aliphatic rings. The van der Waals surface area contributed by atoms with E-state index in [1.54, 1.807) is 29.7 Å². The number of rotatable bonds is 7. The highest BCUT2D eigenvalue weighted by Gasteiger charge is 2.17. The third-order valence-electron chi connectivity index (χ3n) is 6.76. The van der Waals surface area contributed by atoms with E-state index in [2.05, 4.69) is 27.1 Å². The van der Waals surface area contributed by atoms with Crippen LogP contribution in [0.15, 0.2) is 66.3 Å². The van der Waals surface area contributed by atoms with Crippen molar-refractivity contribution < 1.29 is 9.18 Å². The minimum absolute atomic E-state index is 0.308. The summed E-state index contributed by atoms with van der Waals surface area (Å²) in [6.45, 7) is 6.40. The molecule has 1 aliphatic heterocycles. The van der Waals surface area contributed by atoms with Crippen molar-refractivity contribution in [2.75, 3.05) is 38.5 Å². The number of hydrogen-bond donors (Lipinski definition) is 1. The monoisotopic (exact) mass is 515 g/mol. The molecule has 0 unspecified atom stereocenters. The molecule has 0 radical (unpaired) electrons. The molecule has 0 aliphatic carbocycles. The first-order chi connectivity index (χ1) is 17.9. The first-order valence-electron chi connectivity index (χ1n) is 12.4. The molecular formula is C29H30FN5OS. The lowest BCUT2D eigenvalue weighted by Crippen LogP contribution is -2.44. The Balaban J connectivity index is 1.24. The summed E-state index contributed by atoms with van der Waals surface area (Å²) < 4.78 is 14.8. The van der Waals surface area contributed by atoms with Crippen LogP contribution in [0.25, 0.3) is 11.3 Å². The number of nitrogens with one attached hydrogen (secondary N) is 1. The van der Waals surface area contributed by atoms with E-state index in [4.69, 9.17) is 4.98 Å². The second-order valence-electron chi connectivity index (χ2n) is 9.53. The number of amides is 1. The average Bonchev–Trinajstić information content (AvgIpc) is 3.37. The fourth-order valence-corrected chi connectivity index (χ4v) is 5.23. The van der Waals surface area contributed by atoms with Gasteiger partial charge in [-0.2, -0.15) is 0 Å². The predicted molar refractivity (Wildman–Crippen MR) is 146 cm³/mol. The van der Waals surface area contributed by atoms with Gasteiger partial charge in [-0.15, -0.1) is 11.3 Å². The molecule has 2 aromatic carbocycles. The maximum absolute atomic E-state index is 14.8. The maximum Gasteiger partial charge on any atom is 0.255 e. The summed E-state index contributed by atoms with van der Waals surface area (Å²) in [5.74, 6) is -0.669. The molecule has 1 saturated heterocycles. The van der Waals surface area contributed by atoms with Gasteiger partial charge in [0.2, 0.25) is 0 Å². The van der Waals surface area contributed by atoms with Crippen molar-refractivity contribution in [3.8, 4) is 11.3 Å². The molecule has 1 fully saturated rings. The maximum atomic E-state index is 14.8. The summed E-state index contributed by atoms with van der Waals surface area (Å²) in [4.78, 5) is 26.4. The summed E-state index contributed by atoms with van der Waals surface area (Å²) in [7, 11) is 2.10. The van der Waals surface area contributed by atoms with Gasteiger partial charge in [0.05, 0.1) is 10.7 Å². The number of piperazine rings is 1. The van der Waals surface area contributed by atoms with Gasteiger partial charge in [0, 0.05) is 79.3 Å². The van der Waals surface area contributed by atoms with Crippen LogP contribution in [0.2, 0.25) is 0 Å². The zero-order chi connectivity index (χ0) is 25.8. The van der Waals surface area contributed by atoms with Crippen LogP contribution < -0.4 is 5.32 Å². The van der Waals surface area contributed by atoms with E-state index in [1.807, 2.05) is 48.8 Å². The molecule has 37 heavy (non-hydrogen) atoms. The highest BCUT2D eigenvalue weighted by molar-refractivity contribution is 7.10. The molecule has 1 amide bonds. The fraction of sp³-hybridized carbons (Fsp3) is 0.276. The van der Waals surface area contributed by atoms with Crippen molar-refractivity contribution in [1.82, 2.24) is 19.8 Å². The fourth-order valence-electron chi connectivity index (χ4n) is 4.41. The molecule has 0 spiro atoms. The third-order valence-corrected chi connectivity index (χ3v) is 7.61. The molecule has 0 atom stereocenters. The summed E-state index contributed by atoms with van der Waals surface area (Å²) in [5, 5.41) is 5.96. The number of carbonyl (C=O) groups is 1. The standard InChI is InChI=1S/C29H30FN5OS/c1-20-5-8-25(14-24(20)16-28-33-27(19-37-28)22-4-3-9-31-17-22)32-29(36)21-6-7-23(26(30)15-21)18-35-12-10-34(2)11-13-35/h3-9,14-15,17,19H,10-13,16,18H2,1-2H3,(H,32,36). The van der Waals surface area contributed by atoms with Crippen LogP contribution in [-0.2, 0) is 13.0 Å². The summed E-state index contributed by atoms with van der Waals surface area (Å²) in [5.41, 5.74) is 5.71. The van der Waals surface area contributed by atoms with E-state index in [1.165, 1.54) is 6.07 Å². The Hall–Kier alpha value is -3.46. The van der Waals surface area contributed by atoms with Crippen LogP contribution in [-0.4, -0.2) is 58.9 Å². The second kappa shape index (κ2) is 11.3. The van der Waals surface area contributed by atoms with Crippen molar-refractivity contribution in [1.29, 1.82) is 0 Å². The first-order valence-corrected chi connectivity index (χ1v) is 13.3. The van der Waals surface area contributed by atoms with Gasteiger partial charge in [-0.25, -0.2) is 9.37 Å². The largest absolute Gasteiger partial charge is 0.322 e. The third kappa shape index (κ3) is 6.28. The minimum atomic E-state index is -0.343. The van der Waals surface area contributed by atoms with Gasteiger partial charge in [-0.1, -0.05) is 12.1 Å². The Kier molecular flexibility index (Phi) is 7.69. The Morgan fingerprint density at radius 3 is 2.68 bits per heavy atom. The topological polar surface area (TPSA) is 61.4 Å². The Morgan fingerprint density at radius 1 is 1.08 bits per heavy atom. The number of hydrogen-bond acceptors (Lipinski definition) is 6. The molecule has 8 heteroatoms. The molecule has 0 saturated carbocycles. The van der Waals surface area contributed by atoms with Gasteiger partial charge < -0.3 is 10.2 Å². The lowest BCUT2D eigenvalue weighted by molar-refractivity contribution is 0.102. The molecule has 190 valence electrons. The highest BCUT2D eigenvalue weighted by Crippen LogP contribution is 2.25. The number of benzene rings is 2. The van der Waals surface area contributed by atoms with Crippen molar-refractivity contribution in [2.45, 2.75) is 19.9 Å². The molecule has 1 N–H and O–H groups in total. The quantitative estimate of drug-likeness (QED) is 0.365. The van der Waals surface area contributed by atoms with Crippen LogP contribution in [0.1, 0.15) is 32.1 Å². The van der Waals surface area contributed by atoms with Crippen LogP contribution in [0.5, 0.6) is 0 Å². The first kappa shape index (κ1) is 25.2. The van der Waals surface area contributed by atoms with Crippen LogP contribution in [0.4, 0.5) is 10.1 Å². The van der Waals surface area contributed by atoms with Crippen molar-refractivity contribution in [2.24, 2.45) is 0 Å². The van der Waals surface area contributed by atoms with E-state index in [0.717, 1.165) is 53.6 Å². The van der Waals surface area contributed by atoms with Crippen molar-refractivity contribution in [3.63, 3.8) is 0 Å². The summed E-state index contributed by atoms with van der Waals surface area (Å²) >= 11 is 1.61. The van der Waals surface area contributed by atoms with Gasteiger partial charge in [-0.05, 0) is 61.5 Å². The predicted octanol–water partition coefficient (Wildman–Crippen LogP) is 5.24. The van der Waals surface area contributed by atoms with Crippen LogP contribution >= 0.6 is 11.3 Å². The Morgan fingerprint density at radius 2 is 1.92 bits per heavy atom. The van der Waals surface area contributed by atoms with Gasteiger partial charge in [0.1, 0.15) is 5.82 Å². The number of halogens is 1. The summed E-state index contributed by atoms with van der Waals surface area (Å²) in [6.07, 6.45) is 4.22. The number of anilines is 1. The van der Waals surface area contributed by atoms with Crippen LogP contribution in [0.3, 0.4) is 0 Å². The Bertz CT molecular complexity index is 1380. The number of carbonyl (C=O) groups excluding carboxylic acids is 1. The zero-order valence-electron chi connectivity index (χ0n) is 21.1. The number of pyridine rings is 1. The molecule has 5 rings (SSSR count). The van der Waals surface area contributed by atoms with Gasteiger partial charge >= 0.3 is 0 Å². The van der Waals surface area contributed by atoms with Gasteiger partial charge in [-0.3, -0.25) is 14.7 Å². The van der Waals surface area contributed by atoms with E-state index < -0.39 is 0 Å². The van der Waals surface area contributed by atoms with Crippen LogP contribution in [0, 0.1) is 12.7 Å². The zero-order valence-corrected chi connectivity index (χ0v) is 21.9. The second-order valence-corrected chi connectivity index (χ2v) is 10.5. The molecule has 3 heterocycles. The van der Waals surface area contributed by atoms with Gasteiger partial charge in [0.25, 0.3) is 5.91 Å². The van der Waals surface area contributed by atoms with Crippen molar-refractivity contribution in [3.05, 3.63) is 99.4 Å². The van der Waals surface area contributed by atoms with E-state index in [0.29, 0.717) is 29.8 Å². The van der Waals surface area contributed by atoms with Gasteiger partial charge in [0.15, 0.2) is 0 Å². The number of nitrogens with zero attached hydrogens (tertiary/aromatic N) is 4. The highest BCUT2D eigenvalue weighted by atomic mass is 32.1. The number of thiazole rings is 1. The number of aryl methyl sites for hydroxylation is 1. The average molecular weight is 516 g/mol. The van der Waals surface area contributed by atoms with E-state index in [9.17, 15) is 9.18 Å². The molecular weight excluding hydrogens is 485 g/mol. The number of aromatic nitrogens is 2. The van der Waals surface area contributed by atoms with E-state index in [-0.39, 0.29) is 11.7 Å². The minimum Gasteiger partial charge on any atom is -0.322 e. The molecule has 0 bridgehead atoms. The molecule has 6 nitrogen and oxygen atoms in total. The Labute approximate surface area is 220 Å². The smallest absolute Gasteiger partial charge is 0.255 e. The number of likely N-dealkylation sites (N-methyl/N-ethyl adjacent to an activating group) is 1. The van der Waals surface area contributed by atoms with Crippen molar-refractivity contribution >= 4 is 22.9 Å². The lowest BCUT2D eigenvalue weighted by atomic mass is 10.0. The molecule has 2 aromatic heterocycles. The molecule has 4 aromatic rings. The SMILES string of the molecule is Cc1ccc(NC(=O)c2ccc(CN3CCN(C)CC3)c(F)c2)cc1Cc1nc(-c2cccnc2)cs1. The summed E-state index contributed by atoms with van der Waals surface area (Å²) in [6, 6.07) is 14.5. The normalized spacial score (nSPS) is 14.6.